The predicted octanol–water partition coefficient (Wildman–Crippen LogP) is 1.41. The first kappa shape index (κ1) is 15.2. The summed E-state index contributed by atoms with van der Waals surface area (Å²) in [5.41, 5.74) is -0.0976. The number of rotatable bonds is 8. The van der Waals surface area contributed by atoms with Gasteiger partial charge in [-0.3, -0.25) is 9.59 Å². The lowest BCUT2D eigenvalue weighted by Gasteiger charge is -2.07. The third-order valence-corrected chi connectivity index (χ3v) is 2.83. The van der Waals surface area contributed by atoms with Gasteiger partial charge in [0, 0.05) is 31.9 Å². The van der Waals surface area contributed by atoms with Crippen molar-refractivity contribution in [3.8, 4) is 0 Å². The average Bonchev–Trinajstić information content (AvgIpc) is 2.43. The molecule has 6 nitrogen and oxygen atoms in total. The van der Waals surface area contributed by atoms with Crippen LogP contribution in [0, 0.1) is 0 Å². The largest absolute Gasteiger partial charge is 0.469 e. The molecule has 0 fully saturated rings. The maximum Gasteiger partial charge on any atom is 0.305 e. The van der Waals surface area contributed by atoms with E-state index in [0.29, 0.717) is 25.3 Å². The van der Waals surface area contributed by atoms with Crippen LogP contribution < -0.4 is 10.9 Å². The summed E-state index contributed by atoms with van der Waals surface area (Å²) >= 11 is 0. The van der Waals surface area contributed by atoms with E-state index in [9.17, 15) is 9.59 Å². The Labute approximate surface area is 112 Å². The van der Waals surface area contributed by atoms with E-state index in [0.717, 1.165) is 19.3 Å². The molecule has 0 amide bonds. The van der Waals surface area contributed by atoms with Gasteiger partial charge in [0.15, 0.2) is 5.82 Å². The number of ether oxygens (including phenoxy) is 1. The number of unbranched alkanes of at least 4 members (excludes halogenated alkanes) is 2. The molecule has 0 atom stereocenters. The van der Waals surface area contributed by atoms with Crippen molar-refractivity contribution in [2.24, 2.45) is 0 Å². The van der Waals surface area contributed by atoms with Crippen molar-refractivity contribution >= 4 is 11.8 Å². The molecule has 1 rings (SSSR count). The zero-order valence-corrected chi connectivity index (χ0v) is 11.5. The Morgan fingerprint density at radius 3 is 2.89 bits per heavy atom. The van der Waals surface area contributed by atoms with Crippen LogP contribution in [0.15, 0.2) is 17.2 Å². The van der Waals surface area contributed by atoms with E-state index in [-0.39, 0.29) is 11.5 Å². The molecule has 1 aromatic heterocycles. The molecule has 1 heterocycles. The third kappa shape index (κ3) is 5.11. The second-order valence-electron chi connectivity index (χ2n) is 4.18. The standard InChI is InChI=1S/C13H21N3O3/c1-3-16-10-9-15-12(13(16)18)14-8-6-4-5-7-11(17)19-2/h9-10H,3-8H2,1-2H3,(H,14,15). The van der Waals surface area contributed by atoms with Gasteiger partial charge in [-0.1, -0.05) is 6.42 Å². The Morgan fingerprint density at radius 1 is 1.42 bits per heavy atom. The molecule has 0 aliphatic heterocycles. The number of nitrogens with zero attached hydrogens (tertiary/aromatic N) is 2. The van der Waals surface area contributed by atoms with Crippen LogP contribution in [0.4, 0.5) is 5.82 Å². The molecule has 0 saturated carbocycles. The number of hydrogen-bond donors (Lipinski definition) is 1. The number of aromatic nitrogens is 2. The van der Waals surface area contributed by atoms with Crippen molar-refractivity contribution in [2.45, 2.75) is 39.2 Å². The van der Waals surface area contributed by atoms with Gasteiger partial charge in [-0.05, 0) is 19.8 Å². The molecule has 0 aliphatic carbocycles. The summed E-state index contributed by atoms with van der Waals surface area (Å²) in [6.07, 6.45) is 6.34. The first-order valence-corrected chi connectivity index (χ1v) is 6.55. The van der Waals surface area contributed by atoms with Crippen LogP contribution in [0.3, 0.4) is 0 Å². The maximum atomic E-state index is 11.8. The number of esters is 1. The molecule has 0 aromatic carbocycles. The number of carbonyl (C=O) groups excluding carboxylic acids is 1. The fourth-order valence-electron chi connectivity index (χ4n) is 1.70. The number of aryl methyl sites for hydroxylation is 1. The lowest BCUT2D eigenvalue weighted by atomic mass is 10.2. The molecule has 19 heavy (non-hydrogen) atoms. The highest BCUT2D eigenvalue weighted by Crippen LogP contribution is 2.02. The van der Waals surface area contributed by atoms with Crippen molar-refractivity contribution in [2.75, 3.05) is 19.0 Å². The summed E-state index contributed by atoms with van der Waals surface area (Å²) in [4.78, 5) is 26.7. The van der Waals surface area contributed by atoms with Crippen LogP contribution in [0.2, 0.25) is 0 Å². The highest BCUT2D eigenvalue weighted by atomic mass is 16.5. The van der Waals surface area contributed by atoms with Crippen molar-refractivity contribution in [3.05, 3.63) is 22.7 Å². The summed E-state index contributed by atoms with van der Waals surface area (Å²) in [7, 11) is 1.39. The minimum Gasteiger partial charge on any atom is -0.469 e. The zero-order chi connectivity index (χ0) is 14.1. The van der Waals surface area contributed by atoms with E-state index in [1.807, 2.05) is 6.92 Å². The number of hydrogen-bond acceptors (Lipinski definition) is 5. The molecule has 0 bridgehead atoms. The minimum atomic E-state index is -0.177. The molecular formula is C13H21N3O3. The van der Waals surface area contributed by atoms with Gasteiger partial charge in [-0.2, -0.15) is 0 Å². The zero-order valence-electron chi connectivity index (χ0n) is 11.5. The van der Waals surface area contributed by atoms with Gasteiger partial charge in [-0.15, -0.1) is 0 Å². The van der Waals surface area contributed by atoms with Gasteiger partial charge in [0.2, 0.25) is 0 Å². The monoisotopic (exact) mass is 267 g/mol. The van der Waals surface area contributed by atoms with Gasteiger partial charge in [0.05, 0.1) is 7.11 Å². The predicted molar refractivity (Wildman–Crippen MR) is 73.1 cm³/mol. The Balaban J connectivity index is 2.26. The van der Waals surface area contributed by atoms with Gasteiger partial charge < -0.3 is 14.6 Å². The van der Waals surface area contributed by atoms with Crippen LogP contribution in [0.1, 0.15) is 32.6 Å². The van der Waals surface area contributed by atoms with E-state index in [2.05, 4.69) is 15.0 Å². The molecule has 0 spiro atoms. The summed E-state index contributed by atoms with van der Waals surface area (Å²) in [6, 6.07) is 0. The van der Waals surface area contributed by atoms with Crippen molar-refractivity contribution < 1.29 is 9.53 Å². The Morgan fingerprint density at radius 2 is 2.21 bits per heavy atom. The SMILES string of the molecule is CCn1ccnc(NCCCCCC(=O)OC)c1=O. The summed E-state index contributed by atoms with van der Waals surface area (Å²) in [5.74, 6) is 0.209. The third-order valence-electron chi connectivity index (χ3n) is 2.83. The molecule has 0 unspecified atom stereocenters. The normalized spacial score (nSPS) is 10.2. The van der Waals surface area contributed by atoms with E-state index in [1.165, 1.54) is 7.11 Å². The van der Waals surface area contributed by atoms with E-state index < -0.39 is 0 Å². The molecule has 106 valence electrons. The molecule has 6 heteroatoms. The van der Waals surface area contributed by atoms with Crippen LogP contribution in [0.5, 0.6) is 0 Å². The number of methoxy groups -OCH3 is 1. The first-order valence-electron chi connectivity index (χ1n) is 6.55. The highest BCUT2D eigenvalue weighted by molar-refractivity contribution is 5.68. The topological polar surface area (TPSA) is 73.2 Å². The Hall–Kier alpha value is -1.85. The molecular weight excluding hydrogens is 246 g/mol. The summed E-state index contributed by atoms with van der Waals surface area (Å²) < 4.78 is 6.16. The summed E-state index contributed by atoms with van der Waals surface area (Å²) in [5, 5.41) is 3.03. The lowest BCUT2D eigenvalue weighted by molar-refractivity contribution is -0.140. The first-order chi connectivity index (χ1) is 9.19. The second kappa shape index (κ2) is 8.29. The maximum absolute atomic E-state index is 11.8. The van der Waals surface area contributed by atoms with Gasteiger partial charge in [0.1, 0.15) is 0 Å². The van der Waals surface area contributed by atoms with Crippen LogP contribution in [-0.4, -0.2) is 29.2 Å². The van der Waals surface area contributed by atoms with Crippen molar-refractivity contribution in [3.63, 3.8) is 0 Å². The fraction of sp³-hybridized carbons (Fsp3) is 0.615. The lowest BCUT2D eigenvalue weighted by Crippen LogP contribution is -2.24. The van der Waals surface area contributed by atoms with E-state index in [4.69, 9.17) is 0 Å². The molecule has 0 aliphatic rings. The Bertz CT molecular complexity index is 457. The number of nitrogens with one attached hydrogen (secondary N) is 1. The molecule has 0 radical (unpaired) electrons. The molecule has 1 aromatic rings. The highest BCUT2D eigenvalue weighted by Gasteiger charge is 2.03. The molecule has 0 saturated heterocycles. The van der Waals surface area contributed by atoms with Crippen LogP contribution in [0.25, 0.3) is 0 Å². The van der Waals surface area contributed by atoms with E-state index >= 15 is 0 Å². The second-order valence-corrected chi connectivity index (χ2v) is 4.18. The Kier molecular flexibility index (Phi) is 6.63. The van der Waals surface area contributed by atoms with Crippen LogP contribution >= 0.6 is 0 Å². The minimum absolute atomic E-state index is 0.0976. The van der Waals surface area contributed by atoms with E-state index in [1.54, 1.807) is 17.0 Å². The van der Waals surface area contributed by atoms with Crippen molar-refractivity contribution in [1.82, 2.24) is 9.55 Å². The smallest absolute Gasteiger partial charge is 0.305 e. The quantitative estimate of drug-likeness (QED) is 0.569. The fourth-order valence-corrected chi connectivity index (χ4v) is 1.70. The van der Waals surface area contributed by atoms with Gasteiger partial charge in [0.25, 0.3) is 5.56 Å². The molecule has 1 N–H and O–H groups in total. The summed E-state index contributed by atoms with van der Waals surface area (Å²) in [6.45, 7) is 3.23. The van der Waals surface area contributed by atoms with Crippen LogP contribution in [-0.2, 0) is 16.1 Å². The van der Waals surface area contributed by atoms with Crippen molar-refractivity contribution in [1.29, 1.82) is 0 Å². The van der Waals surface area contributed by atoms with Gasteiger partial charge >= 0.3 is 5.97 Å². The number of anilines is 1. The van der Waals surface area contributed by atoms with Gasteiger partial charge in [-0.25, -0.2) is 4.98 Å². The number of carbonyl (C=O) groups is 1. The average molecular weight is 267 g/mol.